The largest absolute Gasteiger partial charge is 0.417 e. The van der Waals surface area contributed by atoms with Gasteiger partial charge in [0.25, 0.3) is 0 Å². The maximum atomic E-state index is 12.6. The molecule has 0 unspecified atom stereocenters. The van der Waals surface area contributed by atoms with Crippen molar-refractivity contribution in [3.63, 3.8) is 0 Å². The van der Waals surface area contributed by atoms with Gasteiger partial charge >= 0.3 is 12.2 Å². The molecule has 0 heterocycles. The van der Waals surface area contributed by atoms with Crippen molar-refractivity contribution in [3.8, 4) is 0 Å². The van der Waals surface area contributed by atoms with Crippen LogP contribution in [0.4, 0.5) is 23.7 Å². The quantitative estimate of drug-likeness (QED) is 0.624. The number of nitrogens with one attached hydrogen (secondary N) is 2. The third-order valence-corrected chi connectivity index (χ3v) is 2.63. The van der Waals surface area contributed by atoms with E-state index in [0.717, 1.165) is 12.1 Å². The lowest BCUT2D eigenvalue weighted by atomic mass is 10.2. The summed E-state index contributed by atoms with van der Waals surface area (Å²) in [4.78, 5) is 11.4. The van der Waals surface area contributed by atoms with E-state index in [1.54, 1.807) is 0 Å². The van der Waals surface area contributed by atoms with Gasteiger partial charge in [-0.25, -0.2) is 4.79 Å². The monoisotopic (exact) mass is 326 g/mol. The molecule has 0 aliphatic carbocycles. The van der Waals surface area contributed by atoms with Gasteiger partial charge in [-0.15, -0.1) is 0 Å². The zero-order valence-electron chi connectivity index (χ0n) is 11.1. The fourth-order valence-corrected chi connectivity index (χ4v) is 1.55. The first-order valence-electron chi connectivity index (χ1n) is 5.83. The number of hydrogen-bond donors (Lipinski definition) is 2. The summed E-state index contributed by atoms with van der Waals surface area (Å²) < 4.78 is 47.6. The summed E-state index contributed by atoms with van der Waals surface area (Å²) in [6.45, 7) is 0.570. The highest BCUT2D eigenvalue weighted by Crippen LogP contribution is 2.36. The molecule has 1 aromatic rings. The first kappa shape index (κ1) is 17.5. The third kappa shape index (κ3) is 6.19. The molecule has 0 radical (unpaired) electrons. The summed E-state index contributed by atoms with van der Waals surface area (Å²) in [6, 6.07) is 2.40. The number of carbonyl (C=O) groups excluding carboxylic acids is 1. The van der Waals surface area contributed by atoms with Gasteiger partial charge in [0.05, 0.1) is 23.8 Å². The summed E-state index contributed by atoms with van der Waals surface area (Å²) in [5, 5.41) is 4.14. The maximum absolute atomic E-state index is 12.6. The Kier molecular flexibility index (Phi) is 6.73. The van der Waals surface area contributed by atoms with E-state index < -0.39 is 22.8 Å². The number of anilines is 1. The van der Waals surface area contributed by atoms with E-state index >= 15 is 0 Å². The number of ether oxygens (including phenoxy) is 2. The predicted molar refractivity (Wildman–Crippen MR) is 71.3 cm³/mol. The van der Waals surface area contributed by atoms with Crippen molar-refractivity contribution in [2.45, 2.75) is 6.18 Å². The molecule has 0 bridgehead atoms. The number of rotatable bonds is 6. The smallest absolute Gasteiger partial charge is 0.382 e. The number of carbonyl (C=O) groups is 1. The van der Waals surface area contributed by atoms with Crippen LogP contribution in [0.2, 0.25) is 5.02 Å². The summed E-state index contributed by atoms with van der Waals surface area (Å²) >= 11 is 5.47. The molecule has 118 valence electrons. The van der Waals surface area contributed by atoms with Gasteiger partial charge in [0.15, 0.2) is 0 Å². The van der Waals surface area contributed by atoms with E-state index in [2.05, 4.69) is 10.6 Å². The van der Waals surface area contributed by atoms with Crippen LogP contribution in [0.5, 0.6) is 0 Å². The zero-order chi connectivity index (χ0) is 15.9. The standard InChI is InChI=1S/C12H14ClF3N2O3/c1-20-4-5-21-7-17-11(19)18-8-2-3-10(13)9(6-8)12(14,15)16/h2-3,6H,4-5,7H2,1H3,(H2,17,18,19). The Labute approximate surface area is 124 Å². The van der Waals surface area contributed by atoms with Crippen molar-refractivity contribution < 1.29 is 27.4 Å². The molecule has 0 saturated heterocycles. The molecule has 0 aliphatic rings. The maximum Gasteiger partial charge on any atom is 0.417 e. The molecule has 9 heteroatoms. The minimum atomic E-state index is -4.59. The highest BCUT2D eigenvalue weighted by molar-refractivity contribution is 6.31. The zero-order valence-corrected chi connectivity index (χ0v) is 11.8. The number of benzene rings is 1. The molecule has 0 saturated carbocycles. The van der Waals surface area contributed by atoms with E-state index in [9.17, 15) is 18.0 Å². The SMILES string of the molecule is COCCOCNC(=O)Nc1ccc(Cl)c(C(F)(F)F)c1. The summed E-state index contributed by atoms with van der Waals surface area (Å²) in [6.07, 6.45) is -4.59. The Morgan fingerprint density at radius 1 is 1.33 bits per heavy atom. The molecule has 0 atom stereocenters. The first-order valence-corrected chi connectivity index (χ1v) is 6.20. The minimum absolute atomic E-state index is 0.0267. The van der Waals surface area contributed by atoms with Gasteiger partial charge in [0, 0.05) is 12.8 Å². The Balaban J connectivity index is 2.53. The third-order valence-electron chi connectivity index (χ3n) is 2.30. The van der Waals surface area contributed by atoms with Crippen LogP contribution in [0.15, 0.2) is 18.2 Å². The molecule has 2 N–H and O–H groups in total. The van der Waals surface area contributed by atoms with Crippen molar-refractivity contribution in [3.05, 3.63) is 28.8 Å². The number of urea groups is 1. The van der Waals surface area contributed by atoms with Crippen LogP contribution in [-0.4, -0.2) is 33.1 Å². The van der Waals surface area contributed by atoms with Crippen LogP contribution in [0, 0.1) is 0 Å². The number of alkyl halides is 3. The first-order chi connectivity index (χ1) is 9.84. The van der Waals surface area contributed by atoms with Crippen molar-refractivity contribution in [2.24, 2.45) is 0 Å². The van der Waals surface area contributed by atoms with Crippen molar-refractivity contribution in [1.82, 2.24) is 5.32 Å². The van der Waals surface area contributed by atoms with Gasteiger partial charge in [-0.05, 0) is 18.2 Å². The van der Waals surface area contributed by atoms with Gasteiger partial charge < -0.3 is 20.1 Å². The lowest BCUT2D eigenvalue weighted by Gasteiger charge is -2.12. The van der Waals surface area contributed by atoms with Crippen LogP contribution in [0.1, 0.15) is 5.56 Å². The van der Waals surface area contributed by atoms with Gasteiger partial charge in [-0.2, -0.15) is 13.2 Å². The Morgan fingerprint density at radius 3 is 2.67 bits per heavy atom. The summed E-state index contributed by atoms with van der Waals surface area (Å²) in [7, 11) is 1.50. The van der Waals surface area contributed by atoms with E-state index in [1.165, 1.54) is 13.2 Å². The normalized spacial score (nSPS) is 11.3. The van der Waals surface area contributed by atoms with E-state index in [0.29, 0.717) is 6.61 Å². The van der Waals surface area contributed by atoms with Crippen molar-refractivity contribution >= 4 is 23.3 Å². The van der Waals surface area contributed by atoms with Gasteiger partial charge in [-0.3, -0.25) is 0 Å². The van der Waals surface area contributed by atoms with Crippen LogP contribution in [0.3, 0.4) is 0 Å². The van der Waals surface area contributed by atoms with Crippen molar-refractivity contribution in [2.75, 3.05) is 32.4 Å². The fraction of sp³-hybridized carbons (Fsp3) is 0.417. The van der Waals surface area contributed by atoms with E-state index in [4.69, 9.17) is 21.1 Å². The number of halogens is 4. The Bertz CT molecular complexity index is 483. The molecular formula is C12H14ClF3N2O3. The van der Waals surface area contributed by atoms with Crippen LogP contribution >= 0.6 is 11.6 Å². The highest BCUT2D eigenvalue weighted by atomic mass is 35.5. The number of methoxy groups -OCH3 is 1. The van der Waals surface area contributed by atoms with Gasteiger partial charge in [0.1, 0.15) is 6.73 Å². The second-order valence-corrected chi connectivity index (χ2v) is 4.28. The topological polar surface area (TPSA) is 59.6 Å². The van der Waals surface area contributed by atoms with Crippen molar-refractivity contribution in [1.29, 1.82) is 0 Å². The second kappa shape index (κ2) is 8.06. The molecule has 1 aromatic carbocycles. The number of amides is 2. The highest BCUT2D eigenvalue weighted by Gasteiger charge is 2.33. The molecule has 0 aromatic heterocycles. The van der Waals surface area contributed by atoms with Gasteiger partial charge in [-0.1, -0.05) is 11.6 Å². The second-order valence-electron chi connectivity index (χ2n) is 3.87. The average molecular weight is 327 g/mol. The fourth-order valence-electron chi connectivity index (χ4n) is 1.33. The molecule has 0 spiro atoms. The molecule has 0 fully saturated rings. The summed E-state index contributed by atoms with van der Waals surface area (Å²) in [5.41, 5.74) is -1.04. The molecule has 21 heavy (non-hydrogen) atoms. The van der Waals surface area contributed by atoms with Gasteiger partial charge in [0.2, 0.25) is 0 Å². The average Bonchev–Trinajstić information content (AvgIpc) is 2.39. The molecular weight excluding hydrogens is 313 g/mol. The summed E-state index contributed by atoms with van der Waals surface area (Å²) in [5.74, 6) is 0. The number of hydrogen-bond acceptors (Lipinski definition) is 3. The minimum Gasteiger partial charge on any atom is -0.382 e. The molecule has 2 amide bonds. The molecule has 1 rings (SSSR count). The van der Waals surface area contributed by atoms with Crippen LogP contribution in [-0.2, 0) is 15.7 Å². The molecule has 5 nitrogen and oxygen atoms in total. The van der Waals surface area contributed by atoms with Crippen LogP contribution in [0.25, 0.3) is 0 Å². The van der Waals surface area contributed by atoms with Crippen LogP contribution < -0.4 is 10.6 Å². The van der Waals surface area contributed by atoms with E-state index in [1.807, 2.05) is 0 Å². The lowest BCUT2D eigenvalue weighted by molar-refractivity contribution is -0.137. The predicted octanol–water partition coefficient (Wildman–Crippen LogP) is 3.10. The Hall–Kier alpha value is -1.51. The lowest BCUT2D eigenvalue weighted by Crippen LogP contribution is -2.31. The molecule has 0 aliphatic heterocycles. The Morgan fingerprint density at radius 2 is 2.05 bits per heavy atom. The van der Waals surface area contributed by atoms with E-state index in [-0.39, 0.29) is 19.0 Å².